The van der Waals surface area contributed by atoms with Crippen LogP contribution in [0, 0.1) is 6.92 Å². The molecule has 0 spiro atoms. The number of hydrogen-bond acceptors (Lipinski definition) is 3. The summed E-state index contributed by atoms with van der Waals surface area (Å²) >= 11 is 0. The molecule has 0 N–H and O–H groups in total. The summed E-state index contributed by atoms with van der Waals surface area (Å²) in [5.41, 5.74) is 3.01. The Morgan fingerprint density at radius 1 is 1.32 bits per heavy atom. The first kappa shape index (κ1) is 17.2. The Morgan fingerprint density at radius 3 is 2.88 bits per heavy atom. The standard InChI is InChI=1S/C20H24N4O/c1-4-9-24-19-7-6-16(2)13-17(19)14-18(20(24)25)15-22(3)11-12-23-10-5-8-21-23/h4-8,10,13-14H,1,9,11-12,15H2,2-3H3. The number of allylic oxidation sites excluding steroid dienone is 1. The number of pyridine rings is 1. The molecular weight excluding hydrogens is 312 g/mol. The van der Waals surface area contributed by atoms with Crippen LogP contribution in [0.25, 0.3) is 10.9 Å². The van der Waals surface area contributed by atoms with Crippen LogP contribution in [-0.4, -0.2) is 32.8 Å². The van der Waals surface area contributed by atoms with Crippen molar-refractivity contribution in [2.75, 3.05) is 13.6 Å². The molecule has 0 atom stereocenters. The maximum Gasteiger partial charge on any atom is 0.255 e. The number of hydrogen-bond donors (Lipinski definition) is 0. The molecule has 0 aliphatic carbocycles. The third-order valence-electron chi connectivity index (χ3n) is 4.35. The predicted octanol–water partition coefficient (Wildman–Crippen LogP) is 2.82. The van der Waals surface area contributed by atoms with Gasteiger partial charge in [0.15, 0.2) is 0 Å². The average Bonchev–Trinajstić information content (AvgIpc) is 3.10. The molecule has 0 unspecified atom stereocenters. The van der Waals surface area contributed by atoms with Crippen LogP contribution in [-0.2, 0) is 19.6 Å². The monoisotopic (exact) mass is 336 g/mol. The second kappa shape index (κ2) is 7.49. The molecule has 0 radical (unpaired) electrons. The first-order valence-corrected chi connectivity index (χ1v) is 8.48. The minimum absolute atomic E-state index is 0.0576. The van der Waals surface area contributed by atoms with Crippen molar-refractivity contribution >= 4 is 10.9 Å². The van der Waals surface area contributed by atoms with E-state index in [4.69, 9.17) is 0 Å². The Morgan fingerprint density at radius 2 is 2.16 bits per heavy atom. The third kappa shape index (κ3) is 3.88. The second-order valence-electron chi connectivity index (χ2n) is 6.44. The summed E-state index contributed by atoms with van der Waals surface area (Å²) in [6, 6.07) is 10.1. The molecule has 0 saturated heterocycles. The number of rotatable bonds is 7. The van der Waals surface area contributed by atoms with E-state index in [9.17, 15) is 4.79 Å². The van der Waals surface area contributed by atoms with Gasteiger partial charge >= 0.3 is 0 Å². The molecule has 1 aromatic carbocycles. The van der Waals surface area contributed by atoms with Gasteiger partial charge in [-0.3, -0.25) is 9.48 Å². The Bertz CT molecular complexity index is 925. The van der Waals surface area contributed by atoms with Gasteiger partial charge < -0.3 is 9.47 Å². The third-order valence-corrected chi connectivity index (χ3v) is 4.35. The zero-order valence-corrected chi connectivity index (χ0v) is 14.9. The summed E-state index contributed by atoms with van der Waals surface area (Å²) in [4.78, 5) is 15.0. The van der Waals surface area contributed by atoms with Gasteiger partial charge in [0, 0.05) is 37.6 Å². The molecule has 0 saturated carbocycles. The van der Waals surface area contributed by atoms with Crippen LogP contribution in [0.2, 0.25) is 0 Å². The van der Waals surface area contributed by atoms with Gasteiger partial charge in [0.25, 0.3) is 5.56 Å². The maximum absolute atomic E-state index is 12.9. The molecule has 2 heterocycles. The fourth-order valence-electron chi connectivity index (χ4n) is 3.07. The van der Waals surface area contributed by atoms with Gasteiger partial charge in [0.1, 0.15) is 0 Å². The van der Waals surface area contributed by atoms with Gasteiger partial charge in [-0.2, -0.15) is 5.10 Å². The average molecular weight is 336 g/mol. The van der Waals surface area contributed by atoms with Gasteiger partial charge in [-0.15, -0.1) is 6.58 Å². The summed E-state index contributed by atoms with van der Waals surface area (Å²) in [6.07, 6.45) is 5.50. The van der Waals surface area contributed by atoms with Gasteiger partial charge in [0.05, 0.1) is 12.1 Å². The molecule has 3 aromatic rings. The number of fused-ring (bicyclic) bond motifs is 1. The van der Waals surface area contributed by atoms with Crippen molar-refractivity contribution in [3.8, 4) is 0 Å². The van der Waals surface area contributed by atoms with Crippen molar-refractivity contribution in [2.45, 2.75) is 26.6 Å². The Balaban J connectivity index is 1.88. The van der Waals surface area contributed by atoms with Gasteiger partial charge in [0.2, 0.25) is 0 Å². The first-order chi connectivity index (χ1) is 12.1. The van der Waals surface area contributed by atoms with E-state index in [-0.39, 0.29) is 5.56 Å². The van der Waals surface area contributed by atoms with Crippen molar-refractivity contribution in [3.63, 3.8) is 0 Å². The smallest absolute Gasteiger partial charge is 0.255 e. The zero-order chi connectivity index (χ0) is 17.8. The largest absolute Gasteiger partial charge is 0.304 e. The minimum Gasteiger partial charge on any atom is -0.304 e. The van der Waals surface area contributed by atoms with E-state index in [0.717, 1.165) is 29.6 Å². The molecule has 3 rings (SSSR count). The lowest BCUT2D eigenvalue weighted by Crippen LogP contribution is -2.30. The fourth-order valence-corrected chi connectivity index (χ4v) is 3.07. The molecular formula is C20H24N4O. The minimum atomic E-state index is 0.0576. The van der Waals surface area contributed by atoms with Crippen molar-refractivity contribution in [3.05, 3.63) is 76.9 Å². The zero-order valence-electron chi connectivity index (χ0n) is 14.9. The summed E-state index contributed by atoms with van der Waals surface area (Å²) in [5, 5.41) is 5.31. The van der Waals surface area contributed by atoms with Crippen LogP contribution < -0.4 is 5.56 Å². The van der Waals surface area contributed by atoms with Crippen LogP contribution >= 0.6 is 0 Å². The van der Waals surface area contributed by atoms with E-state index < -0.39 is 0 Å². The number of benzene rings is 1. The van der Waals surface area contributed by atoms with Gasteiger partial charge in [-0.05, 0) is 43.6 Å². The summed E-state index contributed by atoms with van der Waals surface area (Å²) in [6.45, 7) is 8.62. The topological polar surface area (TPSA) is 43.1 Å². The number of likely N-dealkylation sites (N-methyl/N-ethyl adjacent to an activating group) is 1. The number of aryl methyl sites for hydroxylation is 1. The Labute approximate surface area is 147 Å². The second-order valence-corrected chi connectivity index (χ2v) is 6.44. The van der Waals surface area contributed by atoms with E-state index in [1.165, 1.54) is 5.56 Å². The van der Waals surface area contributed by atoms with Crippen LogP contribution in [0.4, 0.5) is 0 Å². The molecule has 2 aromatic heterocycles. The van der Waals surface area contributed by atoms with Crippen molar-refractivity contribution in [1.82, 2.24) is 19.2 Å². The molecule has 5 nitrogen and oxygen atoms in total. The molecule has 0 aliphatic heterocycles. The van der Waals surface area contributed by atoms with Crippen molar-refractivity contribution < 1.29 is 0 Å². The number of nitrogens with zero attached hydrogens (tertiary/aromatic N) is 4. The molecule has 0 amide bonds. The lowest BCUT2D eigenvalue weighted by Gasteiger charge is -2.18. The van der Waals surface area contributed by atoms with Crippen LogP contribution in [0.3, 0.4) is 0 Å². The quantitative estimate of drug-likeness (QED) is 0.623. The molecule has 0 aliphatic rings. The molecule has 25 heavy (non-hydrogen) atoms. The molecule has 0 fully saturated rings. The highest BCUT2D eigenvalue weighted by atomic mass is 16.1. The Kier molecular flexibility index (Phi) is 5.14. The summed E-state index contributed by atoms with van der Waals surface area (Å²) in [7, 11) is 2.03. The highest BCUT2D eigenvalue weighted by molar-refractivity contribution is 5.80. The van der Waals surface area contributed by atoms with Gasteiger partial charge in [-0.25, -0.2) is 0 Å². The summed E-state index contributed by atoms with van der Waals surface area (Å²) < 4.78 is 3.70. The van der Waals surface area contributed by atoms with E-state index >= 15 is 0 Å². The normalized spacial score (nSPS) is 11.3. The van der Waals surface area contributed by atoms with E-state index in [1.54, 1.807) is 16.8 Å². The first-order valence-electron chi connectivity index (χ1n) is 8.48. The van der Waals surface area contributed by atoms with Crippen LogP contribution in [0.5, 0.6) is 0 Å². The number of aromatic nitrogens is 3. The maximum atomic E-state index is 12.9. The highest BCUT2D eigenvalue weighted by Gasteiger charge is 2.11. The Hall–Kier alpha value is -2.66. The SMILES string of the molecule is C=CCn1c(=O)c(CN(C)CCn2cccn2)cc2cc(C)ccc21. The lowest BCUT2D eigenvalue weighted by atomic mass is 10.1. The van der Waals surface area contributed by atoms with Crippen molar-refractivity contribution in [1.29, 1.82) is 0 Å². The fraction of sp³-hybridized carbons (Fsp3) is 0.300. The van der Waals surface area contributed by atoms with E-state index in [2.05, 4.69) is 29.6 Å². The molecule has 130 valence electrons. The predicted molar refractivity (Wildman–Crippen MR) is 102 cm³/mol. The highest BCUT2D eigenvalue weighted by Crippen LogP contribution is 2.16. The molecule has 5 heteroatoms. The lowest BCUT2D eigenvalue weighted by molar-refractivity contribution is 0.303. The van der Waals surface area contributed by atoms with E-state index in [1.807, 2.05) is 42.2 Å². The molecule has 0 bridgehead atoms. The van der Waals surface area contributed by atoms with Crippen LogP contribution in [0.1, 0.15) is 11.1 Å². The summed E-state index contributed by atoms with van der Waals surface area (Å²) in [5.74, 6) is 0. The van der Waals surface area contributed by atoms with E-state index in [0.29, 0.717) is 13.1 Å². The van der Waals surface area contributed by atoms with Crippen molar-refractivity contribution in [2.24, 2.45) is 0 Å². The van der Waals surface area contributed by atoms with Gasteiger partial charge in [-0.1, -0.05) is 17.7 Å². The van der Waals surface area contributed by atoms with Crippen LogP contribution in [0.15, 0.2) is 60.2 Å².